The Balaban J connectivity index is 2.12. The van der Waals surface area contributed by atoms with Crippen LogP contribution in [0.3, 0.4) is 0 Å². The SMILES string of the molecule is NOCc1cccc(Nc2ccccc2)c1. The van der Waals surface area contributed by atoms with Crippen molar-refractivity contribution < 1.29 is 4.84 Å². The van der Waals surface area contributed by atoms with Crippen LogP contribution >= 0.6 is 0 Å². The molecule has 0 saturated carbocycles. The fraction of sp³-hybridized carbons (Fsp3) is 0.0769. The van der Waals surface area contributed by atoms with E-state index in [0.29, 0.717) is 6.61 Å². The van der Waals surface area contributed by atoms with Crippen molar-refractivity contribution >= 4 is 11.4 Å². The lowest BCUT2D eigenvalue weighted by molar-refractivity contribution is 0.124. The lowest BCUT2D eigenvalue weighted by Crippen LogP contribution is -1.99. The van der Waals surface area contributed by atoms with Crippen LogP contribution in [0.4, 0.5) is 11.4 Å². The third-order valence-electron chi connectivity index (χ3n) is 2.24. The first-order valence-corrected chi connectivity index (χ1v) is 5.11. The highest BCUT2D eigenvalue weighted by Gasteiger charge is 1.96. The minimum absolute atomic E-state index is 0.421. The van der Waals surface area contributed by atoms with Crippen molar-refractivity contribution in [3.8, 4) is 0 Å². The molecule has 0 aliphatic carbocycles. The maximum Gasteiger partial charge on any atom is 0.0930 e. The number of rotatable bonds is 4. The van der Waals surface area contributed by atoms with Gasteiger partial charge < -0.3 is 5.32 Å². The second-order valence-electron chi connectivity index (χ2n) is 3.50. The third kappa shape index (κ3) is 2.82. The van der Waals surface area contributed by atoms with Gasteiger partial charge in [-0.15, -0.1) is 0 Å². The van der Waals surface area contributed by atoms with Crippen molar-refractivity contribution in [1.82, 2.24) is 0 Å². The molecule has 0 atom stereocenters. The zero-order chi connectivity index (χ0) is 11.2. The van der Waals surface area contributed by atoms with Crippen molar-refractivity contribution in [2.24, 2.45) is 5.90 Å². The van der Waals surface area contributed by atoms with Crippen LogP contribution in [-0.2, 0) is 11.4 Å². The van der Waals surface area contributed by atoms with E-state index in [4.69, 9.17) is 5.90 Å². The van der Waals surface area contributed by atoms with Crippen molar-refractivity contribution in [2.45, 2.75) is 6.61 Å². The molecule has 0 aliphatic heterocycles. The van der Waals surface area contributed by atoms with E-state index in [-0.39, 0.29) is 0 Å². The van der Waals surface area contributed by atoms with Crippen LogP contribution in [-0.4, -0.2) is 0 Å². The summed E-state index contributed by atoms with van der Waals surface area (Å²) >= 11 is 0. The standard InChI is InChI=1S/C13H14N2O/c14-16-10-11-5-4-8-13(9-11)15-12-6-2-1-3-7-12/h1-9,15H,10,14H2. The molecule has 3 N–H and O–H groups in total. The molecule has 0 aliphatic rings. The van der Waals surface area contributed by atoms with Gasteiger partial charge in [-0.3, -0.25) is 4.84 Å². The molecule has 0 radical (unpaired) electrons. The van der Waals surface area contributed by atoms with Crippen LogP contribution in [0.1, 0.15) is 5.56 Å². The normalized spacial score (nSPS) is 10.1. The number of benzene rings is 2. The average Bonchev–Trinajstić information content (AvgIpc) is 2.31. The van der Waals surface area contributed by atoms with Crippen LogP contribution < -0.4 is 11.2 Å². The maximum atomic E-state index is 5.04. The minimum Gasteiger partial charge on any atom is -0.356 e. The quantitative estimate of drug-likeness (QED) is 0.769. The zero-order valence-electron chi connectivity index (χ0n) is 8.89. The minimum atomic E-state index is 0.421. The summed E-state index contributed by atoms with van der Waals surface area (Å²) in [6, 6.07) is 18.0. The largest absolute Gasteiger partial charge is 0.356 e. The van der Waals surface area contributed by atoms with Gasteiger partial charge in [0.15, 0.2) is 0 Å². The summed E-state index contributed by atoms with van der Waals surface area (Å²) in [5.41, 5.74) is 3.14. The van der Waals surface area contributed by atoms with E-state index in [1.165, 1.54) is 0 Å². The summed E-state index contributed by atoms with van der Waals surface area (Å²) in [5, 5.41) is 3.31. The summed E-state index contributed by atoms with van der Waals surface area (Å²) in [6.07, 6.45) is 0. The van der Waals surface area contributed by atoms with E-state index in [2.05, 4.69) is 10.2 Å². The summed E-state index contributed by atoms with van der Waals surface area (Å²) in [4.78, 5) is 4.61. The van der Waals surface area contributed by atoms with Gasteiger partial charge in [-0.1, -0.05) is 30.3 Å². The molecule has 0 aromatic heterocycles. The Morgan fingerprint density at radius 2 is 1.69 bits per heavy atom. The Bertz CT molecular complexity index is 443. The first-order valence-electron chi connectivity index (χ1n) is 5.11. The van der Waals surface area contributed by atoms with Crippen LogP contribution in [0, 0.1) is 0 Å². The fourth-order valence-electron chi connectivity index (χ4n) is 1.52. The first kappa shape index (κ1) is 10.7. The Labute approximate surface area is 94.8 Å². The summed E-state index contributed by atoms with van der Waals surface area (Å²) in [7, 11) is 0. The van der Waals surface area contributed by atoms with Gasteiger partial charge in [0.25, 0.3) is 0 Å². The molecule has 3 heteroatoms. The highest BCUT2D eigenvalue weighted by atomic mass is 16.6. The molecule has 0 fully saturated rings. The van der Waals surface area contributed by atoms with E-state index < -0.39 is 0 Å². The Morgan fingerprint density at radius 3 is 2.44 bits per heavy atom. The number of hydrogen-bond donors (Lipinski definition) is 2. The smallest absolute Gasteiger partial charge is 0.0930 e. The number of nitrogens with two attached hydrogens (primary N) is 1. The molecule has 0 spiro atoms. The molecule has 0 saturated heterocycles. The predicted octanol–water partition coefficient (Wildman–Crippen LogP) is 2.82. The monoisotopic (exact) mass is 214 g/mol. The molecular weight excluding hydrogens is 200 g/mol. The molecule has 0 bridgehead atoms. The van der Waals surface area contributed by atoms with Gasteiger partial charge in [0.2, 0.25) is 0 Å². The molecule has 82 valence electrons. The van der Waals surface area contributed by atoms with E-state index in [1.807, 2.05) is 54.6 Å². The highest BCUT2D eigenvalue weighted by molar-refractivity contribution is 5.59. The Morgan fingerprint density at radius 1 is 0.938 bits per heavy atom. The number of nitrogens with one attached hydrogen (secondary N) is 1. The van der Waals surface area contributed by atoms with Crippen molar-refractivity contribution in [3.05, 3.63) is 60.2 Å². The van der Waals surface area contributed by atoms with E-state index in [1.54, 1.807) is 0 Å². The van der Waals surface area contributed by atoms with Crippen molar-refractivity contribution in [3.63, 3.8) is 0 Å². The lowest BCUT2D eigenvalue weighted by atomic mass is 10.2. The van der Waals surface area contributed by atoms with E-state index in [0.717, 1.165) is 16.9 Å². The molecule has 0 amide bonds. The van der Waals surface area contributed by atoms with E-state index in [9.17, 15) is 0 Å². The van der Waals surface area contributed by atoms with Crippen LogP contribution in [0.2, 0.25) is 0 Å². The predicted molar refractivity (Wildman–Crippen MR) is 65.1 cm³/mol. The van der Waals surface area contributed by atoms with Crippen molar-refractivity contribution in [1.29, 1.82) is 0 Å². The second-order valence-corrected chi connectivity index (χ2v) is 3.50. The lowest BCUT2D eigenvalue weighted by Gasteiger charge is -2.07. The van der Waals surface area contributed by atoms with E-state index >= 15 is 0 Å². The average molecular weight is 214 g/mol. The summed E-state index contributed by atoms with van der Waals surface area (Å²) in [6.45, 7) is 0.421. The first-order chi connectivity index (χ1) is 7.88. The molecule has 2 aromatic carbocycles. The fourth-order valence-corrected chi connectivity index (χ4v) is 1.52. The summed E-state index contributed by atoms with van der Waals surface area (Å²) < 4.78 is 0. The van der Waals surface area contributed by atoms with Crippen LogP contribution in [0.15, 0.2) is 54.6 Å². The van der Waals surface area contributed by atoms with Crippen LogP contribution in [0.25, 0.3) is 0 Å². The maximum absolute atomic E-state index is 5.04. The molecule has 16 heavy (non-hydrogen) atoms. The zero-order valence-corrected chi connectivity index (χ0v) is 8.89. The Hall–Kier alpha value is -1.84. The molecule has 0 heterocycles. The molecule has 2 aromatic rings. The molecule has 3 nitrogen and oxygen atoms in total. The van der Waals surface area contributed by atoms with Crippen LogP contribution in [0.5, 0.6) is 0 Å². The number of hydrogen-bond acceptors (Lipinski definition) is 3. The number of anilines is 2. The summed E-state index contributed by atoms with van der Waals surface area (Å²) in [5.74, 6) is 5.04. The topological polar surface area (TPSA) is 47.3 Å². The molecular formula is C13H14N2O. The highest BCUT2D eigenvalue weighted by Crippen LogP contribution is 2.17. The van der Waals surface area contributed by atoms with Gasteiger partial charge >= 0.3 is 0 Å². The third-order valence-corrected chi connectivity index (χ3v) is 2.24. The van der Waals surface area contributed by atoms with Gasteiger partial charge in [0.05, 0.1) is 6.61 Å². The van der Waals surface area contributed by atoms with Gasteiger partial charge in [0, 0.05) is 11.4 Å². The molecule has 0 unspecified atom stereocenters. The number of para-hydroxylation sites is 1. The second kappa shape index (κ2) is 5.30. The van der Waals surface area contributed by atoms with Gasteiger partial charge in [0.1, 0.15) is 0 Å². The van der Waals surface area contributed by atoms with Crippen molar-refractivity contribution in [2.75, 3.05) is 5.32 Å². The van der Waals surface area contributed by atoms with Gasteiger partial charge in [-0.05, 0) is 29.8 Å². The molecule has 2 rings (SSSR count). The Kier molecular flexibility index (Phi) is 3.53. The van der Waals surface area contributed by atoms with Gasteiger partial charge in [-0.25, -0.2) is 5.90 Å². The van der Waals surface area contributed by atoms with Gasteiger partial charge in [-0.2, -0.15) is 0 Å².